The predicted molar refractivity (Wildman–Crippen MR) is 106 cm³/mol. The Morgan fingerprint density at radius 1 is 1.13 bits per heavy atom. The standard InChI is InChI=1S/C21H22F3N3O3/c1-20(2,3)26-19(29)25-15-7-8-16-17(10-15)30-12-18(28)27(16)11-13-5-4-6-14(9-13)21(22,23)24/h4-10H,11-12H2,1-3H3,(H2,25,26,29). The van der Waals surface area contributed by atoms with Crippen molar-refractivity contribution < 1.29 is 27.5 Å². The van der Waals surface area contributed by atoms with Crippen LogP contribution in [0.1, 0.15) is 31.9 Å². The minimum absolute atomic E-state index is 0.0314. The highest BCUT2D eigenvalue weighted by molar-refractivity contribution is 5.98. The molecule has 0 fully saturated rings. The van der Waals surface area contributed by atoms with Gasteiger partial charge < -0.3 is 20.3 Å². The Morgan fingerprint density at radius 2 is 1.87 bits per heavy atom. The van der Waals surface area contributed by atoms with E-state index in [9.17, 15) is 22.8 Å². The summed E-state index contributed by atoms with van der Waals surface area (Å²) in [4.78, 5) is 25.8. The van der Waals surface area contributed by atoms with Gasteiger partial charge in [0.05, 0.1) is 17.8 Å². The smallest absolute Gasteiger partial charge is 0.416 e. The summed E-state index contributed by atoms with van der Waals surface area (Å²) in [5.74, 6) is -0.0127. The van der Waals surface area contributed by atoms with Gasteiger partial charge in [0, 0.05) is 17.3 Å². The molecular weight excluding hydrogens is 399 g/mol. The molecule has 1 aliphatic heterocycles. The molecule has 160 valence electrons. The molecule has 1 heterocycles. The molecule has 0 saturated carbocycles. The van der Waals surface area contributed by atoms with Gasteiger partial charge in [-0.2, -0.15) is 13.2 Å². The van der Waals surface area contributed by atoms with E-state index in [1.165, 1.54) is 17.0 Å². The lowest BCUT2D eigenvalue weighted by Gasteiger charge is -2.30. The summed E-state index contributed by atoms with van der Waals surface area (Å²) in [6.45, 7) is 5.26. The van der Waals surface area contributed by atoms with Crippen LogP contribution >= 0.6 is 0 Å². The summed E-state index contributed by atoms with van der Waals surface area (Å²) < 4.78 is 44.4. The van der Waals surface area contributed by atoms with E-state index in [0.717, 1.165) is 12.1 Å². The fourth-order valence-corrected chi connectivity index (χ4v) is 2.99. The van der Waals surface area contributed by atoms with Crippen LogP contribution in [0.3, 0.4) is 0 Å². The van der Waals surface area contributed by atoms with Crippen molar-refractivity contribution in [2.75, 3.05) is 16.8 Å². The SMILES string of the molecule is CC(C)(C)NC(=O)Nc1ccc2c(c1)OCC(=O)N2Cc1cccc(C(F)(F)F)c1. The number of hydrogen-bond donors (Lipinski definition) is 2. The number of benzene rings is 2. The monoisotopic (exact) mass is 421 g/mol. The maximum atomic E-state index is 13.0. The number of alkyl halides is 3. The van der Waals surface area contributed by atoms with Gasteiger partial charge in [0.1, 0.15) is 5.75 Å². The van der Waals surface area contributed by atoms with E-state index < -0.39 is 23.3 Å². The number of fused-ring (bicyclic) bond motifs is 1. The summed E-state index contributed by atoms with van der Waals surface area (Å²) in [7, 11) is 0. The number of ether oxygens (including phenoxy) is 1. The molecule has 3 amide bonds. The third-order valence-electron chi connectivity index (χ3n) is 4.24. The van der Waals surface area contributed by atoms with E-state index in [1.807, 2.05) is 20.8 Å². The quantitative estimate of drug-likeness (QED) is 0.764. The topological polar surface area (TPSA) is 70.7 Å². The van der Waals surface area contributed by atoms with Crippen molar-refractivity contribution in [3.8, 4) is 5.75 Å². The Morgan fingerprint density at radius 3 is 2.53 bits per heavy atom. The molecule has 0 atom stereocenters. The Balaban J connectivity index is 1.81. The number of carbonyl (C=O) groups is 2. The molecule has 9 heteroatoms. The van der Waals surface area contributed by atoms with Crippen molar-refractivity contribution >= 4 is 23.3 Å². The van der Waals surface area contributed by atoms with Gasteiger partial charge in [0.2, 0.25) is 0 Å². The molecule has 0 radical (unpaired) electrons. The second-order valence-electron chi connectivity index (χ2n) is 7.98. The number of anilines is 2. The van der Waals surface area contributed by atoms with Crippen LogP contribution in [0.25, 0.3) is 0 Å². The maximum Gasteiger partial charge on any atom is 0.416 e. The Kier molecular flexibility index (Phi) is 5.65. The molecule has 2 N–H and O–H groups in total. The van der Waals surface area contributed by atoms with Crippen molar-refractivity contribution in [1.82, 2.24) is 5.32 Å². The van der Waals surface area contributed by atoms with Crippen LogP contribution in [0, 0.1) is 0 Å². The van der Waals surface area contributed by atoms with Crippen molar-refractivity contribution in [1.29, 1.82) is 0 Å². The highest BCUT2D eigenvalue weighted by Gasteiger charge is 2.31. The zero-order chi connectivity index (χ0) is 22.1. The number of nitrogens with one attached hydrogen (secondary N) is 2. The summed E-state index contributed by atoms with van der Waals surface area (Å²) in [6, 6.07) is 9.22. The highest BCUT2D eigenvalue weighted by Crippen LogP contribution is 2.36. The van der Waals surface area contributed by atoms with E-state index in [1.54, 1.807) is 18.2 Å². The second-order valence-corrected chi connectivity index (χ2v) is 7.98. The largest absolute Gasteiger partial charge is 0.481 e. The Labute approximate surface area is 172 Å². The van der Waals surface area contributed by atoms with Gasteiger partial charge in [0.25, 0.3) is 5.91 Å². The van der Waals surface area contributed by atoms with Crippen LogP contribution in [0.15, 0.2) is 42.5 Å². The number of carbonyl (C=O) groups excluding carboxylic acids is 2. The summed E-state index contributed by atoms with van der Waals surface area (Å²) in [5, 5.41) is 5.46. The van der Waals surface area contributed by atoms with Crippen LogP contribution in [0.5, 0.6) is 5.75 Å². The van der Waals surface area contributed by atoms with Crippen molar-refractivity contribution in [3.05, 3.63) is 53.6 Å². The Bertz CT molecular complexity index is 968. The van der Waals surface area contributed by atoms with Gasteiger partial charge in [0.15, 0.2) is 6.61 Å². The first kappa shape index (κ1) is 21.5. The third-order valence-corrected chi connectivity index (χ3v) is 4.24. The fourth-order valence-electron chi connectivity index (χ4n) is 2.99. The van der Waals surface area contributed by atoms with E-state index in [4.69, 9.17) is 4.74 Å². The van der Waals surface area contributed by atoms with Gasteiger partial charge >= 0.3 is 12.2 Å². The average molecular weight is 421 g/mol. The molecule has 3 rings (SSSR count). The minimum atomic E-state index is -4.46. The van der Waals surface area contributed by atoms with Crippen molar-refractivity contribution in [2.24, 2.45) is 0 Å². The molecule has 0 aliphatic carbocycles. The van der Waals surface area contributed by atoms with Crippen LogP contribution in [0.2, 0.25) is 0 Å². The molecule has 0 saturated heterocycles. The first-order chi connectivity index (χ1) is 13.9. The summed E-state index contributed by atoms with van der Waals surface area (Å²) in [6.07, 6.45) is -4.46. The van der Waals surface area contributed by atoms with Gasteiger partial charge in [-0.3, -0.25) is 4.79 Å². The lowest BCUT2D eigenvalue weighted by molar-refractivity contribution is -0.137. The lowest BCUT2D eigenvalue weighted by atomic mass is 10.1. The summed E-state index contributed by atoms with van der Waals surface area (Å²) >= 11 is 0. The molecule has 0 aromatic heterocycles. The number of nitrogens with zero attached hydrogens (tertiary/aromatic N) is 1. The number of amides is 3. The number of rotatable bonds is 3. The van der Waals surface area contributed by atoms with Gasteiger partial charge in [-0.25, -0.2) is 4.79 Å². The van der Waals surface area contributed by atoms with Crippen LogP contribution in [-0.2, 0) is 17.5 Å². The lowest BCUT2D eigenvalue weighted by Crippen LogP contribution is -2.43. The minimum Gasteiger partial charge on any atom is -0.481 e. The molecule has 0 unspecified atom stereocenters. The predicted octanol–water partition coefficient (Wildman–Crippen LogP) is 4.55. The van der Waals surface area contributed by atoms with Gasteiger partial charge in [-0.15, -0.1) is 0 Å². The van der Waals surface area contributed by atoms with Crippen molar-refractivity contribution in [2.45, 2.75) is 39.0 Å². The van der Waals surface area contributed by atoms with E-state index in [0.29, 0.717) is 22.7 Å². The summed E-state index contributed by atoms with van der Waals surface area (Å²) in [5.41, 5.74) is 0.0422. The Hall–Kier alpha value is -3.23. The molecule has 0 spiro atoms. The van der Waals surface area contributed by atoms with Gasteiger partial charge in [-0.05, 0) is 50.6 Å². The molecular formula is C21H22F3N3O3. The second kappa shape index (κ2) is 7.89. The van der Waals surface area contributed by atoms with Crippen LogP contribution in [0.4, 0.5) is 29.3 Å². The van der Waals surface area contributed by atoms with Crippen LogP contribution in [-0.4, -0.2) is 24.1 Å². The molecule has 6 nitrogen and oxygen atoms in total. The maximum absolute atomic E-state index is 13.0. The highest BCUT2D eigenvalue weighted by atomic mass is 19.4. The third kappa shape index (κ3) is 5.22. The van der Waals surface area contributed by atoms with Gasteiger partial charge in [-0.1, -0.05) is 12.1 Å². The molecule has 1 aliphatic rings. The molecule has 30 heavy (non-hydrogen) atoms. The zero-order valence-corrected chi connectivity index (χ0v) is 16.8. The normalized spacial score (nSPS) is 14.1. The van der Waals surface area contributed by atoms with E-state index >= 15 is 0 Å². The first-order valence-electron chi connectivity index (χ1n) is 9.25. The van der Waals surface area contributed by atoms with E-state index in [2.05, 4.69) is 10.6 Å². The number of hydrogen-bond acceptors (Lipinski definition) is 3. The zero-order valence-electron chi connectivity index (χ0n) is 16.8. The average Bonchev–Trinajstić information content (AvgIpc) is 2.62. The number of urea groups is 1. The number of halogens is 3. The van der Waals surface area contributed by atoms with Crippen molar-refractivity contribution in [3.63, 3.8) is 0 Å². The molecule has 0 bridgehead atoms. The van der Waals surface area contributed by atoms with E-state index in [-0.39, 0.29) is 19.1 Å². The first-order valence-corrected chi connectivity index (χ1v) is 9.25. The van der Waals surface area contributed by atoms with Crippen LogP contribution < -0.4 is 20.3 Å². The molecule has 2 aromatic carbocycles. The molecule has 2 aromatic rings. The fraction of sp³-hybridized carbons (Fsp3) is 0.333.